The Balaban J connectivity index is 0.000000370. The Kier molecular flexibility index (Phi) is 7.12. The molecule has 1 aromatic heterocycles. The van der Waals surface area contributed by atoms with E-state index >= 15 is 0 Å². The van der Waals surface area contributed by atoms with Crippen LogP contribution < -0.4 is 4.74 Å². The van der Waals surface area contributed by atoms with E-state index in [9.17, 15) is 21.6 Å². The molecule has 2 fully saturated rings. The van der Waals surface area contributed by atoms with E-state index < -0.39 is 26.7 Å². The predicted octanol–water partition coefficient (Wildman–Crippen LogP) is 1.36. The van der Waals surface area contributed by atoms with Gasteiger partial charge in [0, 0.05) is 44.4 Å². The first-order chi connectivity index (χ1) is 13.5. The molecule has 1 atom stereocenters. The largest absolute Gasteiger partial charge is 0.490 e. The molecule has 2 saturated heterocycles. The maximum absolute atomic E-state index is 12.5. The molecule has 2 aliphatic rings. The van der Waals surface area contributed by atoms with Gasteiger partial charge in [-0.25, -0.2) is 18.2 Å². The summed E-state index contributed by atoms with van der Waals surface area (Å²) >= 11 is 0. The van der Waals surface area contributed by atoms with Crippen LogP contribution >= 0.6 is 0 Å². The molecule has 0 bridgehead atoms. The van der Waals surface area contributed by atoms with Crippen LogP contribution in [0.3, 0.4) is 0 Å². The molecule has 3 rings (SSSR count). The number of aliphatic carboxylic acids is 1. The summed E-state index contributed by atoms with van der Waals surface area (Å²) in [5.41, 5.74) is 0.985. The van der Waals surface area contributed by atoms with E-state index in [2.05, 4.69) is 9.88 Å². The van der Waals surface area contributed by atoms with Gasteiger partial charge in [-0.2, -0.15) is 13.2 Å². The lowest BCUT2D eigenvalue weighted by atomic mass is 9.83. The summed E-state index contributed by atoms with van der Waals surface area (Å²) in [5, 5.41) is 7.12. The minimum Gasteiger partial charge on any atom is -0.481 e. The fraction of sp³-hybridized carbons (Fsp3) is 0.647. The summed E-state index contributed by atoms with van der Waals surface area (Å²) in [6.45, 7) is 2.32. The SMILES string of the molecule is COCC1CCS(=O)(=O)C12CN(Cc1cccnc1OC)C2.O=C(O)C(F)(F)F. The molecule has 1 N–H and O–H groups in total. The maximum atomic E-state index is 12.5. The third-order valence-electron chi connectivity index (χ3n) is 5.13. The maximum Gasteiger partial charge on any atom is 0.490 e. The molecule has 8 nitrogen and oxygen atoms in total. The minimum atomic E-state index is -5.08. The number of rotatable bonds is 5. The predicted molar refractivity (Wildman–Crippen MR) is 96.3 cm³/mol. The van der Waals surface area contributed by atoms with E-state index in [1.165, 1.54) is 0 Å². The van der Waals surface area contributed by atoms with Gasteiger partial charge in [-0.05, 0) is 12.5 Å². The number of alkyl halides is 3. The van der Waals surface area contributed by atoms with Crippen LogP contribution in [0.1, 0.15) is 12.0 Å². The number of hydrogen-bond acceptors (Lipinski definition) is 7. The number of sulfone groups is 1. The van der Waals surface area contributed by atoms with Gasteiger partial charge in [0.2, 0.25) is 5.88 Å². The number of nitrogens with zero attached hydrogens (tertiary/aromatic N) is 2. The molecule has 12 heteroatoms. The highest BCUT2D eigenvalue weighted by atomic mass is 32.2. The highest BCUT2D eigenvalue weighted by Gasteiger charge is 2.61. The smallest absolute Gasteiger partial charge is 0.481 e. The standard InChI is InChI=1S/C15H22N2O4S.C2HF3O2/c1-20-9-13-5-7-22(18,19)15(13)10-17(11-15)8-12-4-3-6-16-14(12)21-2;3-2(4,5)1(6)7/h3-4,6,13H,5,7-11H2,1-2H3;(H,6,7). The van der Waals surface area contributed by atoms with E-state index in [4.69, 9.17) is 19.4 Å². The van der Waals surface area contributed by atoms with Crippen molar-refractivity contribution in [2.45, 2.75) is 23.9 Å². The van der Waals surface area contributed by atoms with Crippen molar-refractivity contribution in [3.8, 4) is 5.88 Å². The second kappa shape index (κ2) is 8.84. The van der Waals surface area contributed by atoms with Gasteiger partial charge in [0.25, 0.3) is 0 Å². The van der Waals surface area contributed by atoms with Crippen molar-refractivity contribution in [2.75, 3.05) is 39.7 Å². The van der Waals surface area contributed by atoms with E-state index in [0.29, 0.717) is 38.5 Å². The summed E-state index contributed by atoms with van der Waals surface area (Å²) in [7, 11) is 0.201. The minimum absolute atomic E-state index is 0.106. The lowest BCUT2D eigenvalue weighted by molar-refractivity contribution is -0.192. The molecule has 29 heavy (non-hydrogen) atoms. The van der Waals surface area contributed by atoms with Crippen LogP contribution in [0, 0.1) is 5.92 Å². The second-order valence-electron chi connectivity index (χ2n) is 6.94. The summed E-state index contributed by atoms with van der Waals surface area (Å²) in [5.74, 6) is -1.77. The monoisotopic (exact) mass is 440 g/mol. The van der Waals surface area contributed by atoms with Gasteiger partial charge < -0.3 is 14.6 Å². The van der Waals surface area contributed by atoms with Crippen molar-refractivity contribution in [2.24, 2.45) is 5.92 Å². The molecule has 1 spiro atoms. The van der Waals surface area contributed by atoms with E-state index in [1.807, 2.05) is 12.1 Å². The van der Waals surface area contributed by atoms with E-state index in [-0.39, 0.29) is 11.7 Å². The summed E-state index contributed by atoms with van der Waals surface area (Å²) in [4.78, 5) is 15.2. The highest BCUT2D eigenvalue weighted by Crippen LogP contribution is 2.45. The molecule has 0 amide bonds. The van der Waals surface area contributed by atoms with Crippen LogP contribution in [0.4, 0.5) is 13.2 Å². The van der Waals surface area contributed by atoms with Crippen LogP contribution in [0.5, 0.6) is 5.88 Å². The number of aromatic nitrogens is 1. The first kappa shape index (κ1) is 23.4. The molecule has 1 unspecified atom stereocenters. The third-order valence-corrected chi connectivity index (χ3v) is 7.73. The second-order valence-corrected chi connectivity index (χ2v) is 9.40. The van der Waals surface area contributed by atoms with Gasteiger partial charge in [0.05, 0.1) is 19.5 Å². The number of methoxy groups -OCH3 is 2. The lowest BCUT2D eigenvalue weighted by Gasteiger charge is -2.50. The van der Waals surface area contributed by atoms with E-state index in [1.54, 1.807) is 20.4 Å². The molecule has 0 radical (unpaired) electrons. The van der Waals surface area contributed by atoms with Gasteiger partial charge in [0.1, 0.15) is 4.75 Å². The topological polar surface area (TPSA) is 106 Å². The number of pyridine rings is 1. The molecule has 0 saturated carbocycles. The zero-order valence-corrected chi connectivity index (χ0v) is 16.8. The van der Waals surface area contributed by atoms with E-state index in [0.717, 1.165) is 5.56 Å². The number of hydrogen-bond donors (Lipinski definition) is 1. The molecular weight excluding hydrogens is 417 g/mol. The Hall–Kier alpha value is -1.92. The molecular formula is C17H23F3N2O6S. The average molecular weight is 440 g/mol. The molecule has 0 aliphatic carbocycles. The summed E-state index contributed by atoms with van der Waals surface area (Å²) in [6.07, 6.45) is -2.68. The first-order valence-corrected chi connectivity index (χ1v) is 10.3. The highest BCUT2D eigenvalue weighted by molar-refractivity contribution is 7.93. The Morgan fingerprint density at radius 1 is 1.38 bits per heavy atom. The quantitative estimate of drug-likeness (QED) is 0.732. The molecule has 3 heterocycles. The normalized spacial score (nSPS) is 22.4. The van der Waals surface area contributed by atoms with Crippen LogP contribution in [0.25, 0.3) is 0 Å². The van der Waals surface area contributed by atoms with Crippen molar-refractivity contribution < 1.29 is 41.0 Å². The number of halogens is 3. The van der Waals surface area contributed by atoms with Gasteiger partial charge in [0.15, 0.2) is 9.84 Å². The number of carbonyl (C=O) groups is 1. The summed E-state index contributed by atoms with van der Waals surface area (Å²) < 4.78 is 66.5. The van der Waals surface area contributed by atoms with Crippen molar-refractivity contribution in [1.82, 2.24) is 9.88 Å². The van der Waals surface area contributed by atoms with Crippen molar-refractivity contribution in [1.29, 1.82) is 0 Å². The van der Waals surface area contributed by atoms with Crippen molar-refractivity contribution >= 4 is 15.8 Å². The van der Waals surface area contributed by atoms with Crippen molar-refractivity contribution in [3.05, 3.63) is 23.9 Å². The number of ether oxygens (including phenoxy) is 2. The average Bonchev–Trinajstić information content (AvgIpc) is 2.86. The Labute approximate surface area is 166 Å². The first-order valence-electron chi connectivity index (χ1n) is 8.68. The Morgan fingerprint density at radius 2 is 2.00 bits per heavy atom. The van der Waals surface area contributed by atoms with Gasteiger partial charge in [-0.15, -0.1) is 0 Å². The van der Waals surface area contributed by atoms with Crippen molar-refractivity contribution in [3.63, 3.8) is 0 Å². The zero-order valence-electron chi connectivity index (χ0n) is 16.0. The fourth-order valence-corrected chi connectivity index (χ4v) is 6.15. The molecule has 2 aliphatic heterocycles. The molecule has 1 aromatic rings. The lowest BCUT2D eigenvalue weighted by Crippen LogP contribution is -2.67. The Morgan fingerprint density at radius 3 is 2.52 bits per heavy atom. The van der Waals surface area contributed by atoms with Crippen LogP contribution in [-0.2, 0) is 25.9 Å². The fourth-order valence-electron chi connectivity index (χ4n) is 3.70. The number of likely N-dealkylation sites (tertiary alicyclic amines) is 1. The molecule has 0 aromatic carbocycles. The van der Waals surface area contributed by atoms with Crippen LogP contribution in [0.2, 0.25) is 0 Å². The molecule has 164 valence electrons. The van der Waals surface area contributed by atoms with Gasteiger partial charge in [-0.3, -0.25) is 4.90 Å². The summed E-state index contributed by atoms with van der Waals surface area (Å²) in [6, 6.07) is 3.83. The van der Waals surface area contributed by atoms with Crippen LogP contribution in [0.15, 0.2) is 18.3 Å². The van der Waals surface area contributed by atoms with Gasteiger partial charge in [-0.1, -0.05) is 6.07 Å². The number of carboxylic acids is 1. The number of carboxylic acid groups (broad SMARTS) is 1. The third kappa shape index (κ3) is 4.98. The Bertz CT molecular complexity index is 825. The van der Waals surface area contributed by atoms with Crippen LogP contribution in [-0.4, -0.2) is 80.0 Å². The zero-order chi connectivity index (χ0) is 21.9. The van der Waals surface area contributed by atoms with Gasteiger partial charge >= 0.3 is 12.1 Å².